The van der Waals surface area contributed by atoms with Gasteiger partial charge in [-0.1, -0.05) is 43.3 Å². The second-order valence-corrected chi connectivity index (χ2v) is 7.21. The van der Waals surface area contributed by atoms with Crippen LogP contribution in [0.2, 0.25) is 0 Å². The predicted molar refractivity (Wildman–Crippen MR) is 107 cm³/mol. The fraction of sp³-hybridized carbons (Fsp3) is 0.524. The van der Waals surface area contributed by atoms with Crippen LogP contribution >= 0.6 is 0 Å². The Balaban J connectivity index is 2.25. The number of hydrogen-bond acceptors (Lipinski definition) is 4. The van der Waals surface area contributed by atoms with E-state index in [0.29, 0.717) is 13.0 Å². The van der Waals surface area contributed by atoms with Crippen molar-refractivity contribution in [2.45, 2.75) is 38.3 Å². The van der Waals surface area contributed by atoms with Crippen molar-refractivity contribution in [3.63, 3.8) is 0 Å². The van der Waals surface area contributed by atoms with E-state index in [1.54, 1.807) is 11.8 Å². The highest BCUT2D eigenvalue weighted by molar-refractivity contribution is 5.81. The van der Waals surface area contributed by atoms with Crippen LogP contribution in [0.4, 0.5) is 0 Å². The number of aliphatic hydroxyl groups is 1. The molecule has 2 N–H and O–H groups in total. The Hall–Kier alpha value is -2.18. The van der Waals surface area contributed by atoms with Gasteiger partial charge in [0.05, 0.1) is 25.2 Å². The highest BCUT2D eigenvalue weighted by Crippen LogP contribution is 2.40. The van der Waals surface area contributed by atoms with Gasteiger partial charge in [0, 0.05) is 18.9 Å². The molecule has 1 heterocycles. The second kappa shape index (κ2) is 9.67. The van der Waals surface area contributed by atoms with E-state index in [9.17, 15) is 14.7 Å². The summed E-state index contributed by atoms with van der Waals surface area (Å²) in [6.45, 7) is 4.35. The fourth-order valence-electron chi connectivity index (χ4n) is 3.71. The number of benzene rings is 1. The second-order valence-electron chi connectivity index (χ2n) is 7.21. The van der Waals surface area contributed by atoms with Crippen molar-refractivity contribution < 1.29 is 14.7 Å². The number of allylic oxidation sites excluding steroid dienone is 1. The molecule has 3 atom stereocenters. The van der Waals surface area contributed by atoms with Crippen molar-refractivity contribution in [2.24, 2.45) is 0 Å². The Kier molecular flexibility index (Phi) is 7.56. The van der Waals surface area contributed by atoms with Crippen molar-refractivity contribution >= 4 is 17.9 Å². The summed E-state index contributed by atoms with van der Waals surface area (Å²) < 4.78 is 0. The van der Waals surface area contributed by atoms with Crippen LogP contribution in [-0.4, -0.2) is 72.6 Å². The predicted octanol–water partition coefficient (Wildman–Crippen LogP) is 1.46. The summed E-state index contributed by atoms with van der Waals surface area (Å²) in [5.74, 6) is -0.0702. The molecule has 0 unspecified atom stereocenters. The van der Waals surface area contributed by atoms with Crippen LogP contribution in [0.25, 0.3) is 6.08 Å². The maximum Gasteiger partial charge on any atom is 0.237 e. The Morgan fingerprint density at radius 1 is 1.22 bits per heavy atom. The SMILES string of the molecule is C/C=C/c1ccc([C@H]2[C@@H](CO)N(C(=O)CN(C)C)[C@H]2CNC(=O)CC)cc1. The van der Waals surface area contributed by atoms with Crippen molar-refractivity contribution in [1.29, 1.82) is 0 Å². The van der Waals surface area contributed by atoms with E-state index in [1.165, 1.54) is 0 Å². The van der Waals surface area contributed by atoms with E-state index in [4.69, 9.17) is 0 Å². The average molecular weight is 373 g/mol. The maximum absolute atomic E-state index is 12.7. The molecule has 1 aromatic carbocycles. The van der Waals surface area contributed by atoms with Crippen LogP contribution < -0.4 is 5.32 Å². The van der Waals surface area contributed by atoms with Gasteiger partial charge in [-0.05, 0) is 32.1 Å². The van der Waals surface area contributed by atoms with Gasteiger partial charge in [-0.3, -0.25) is 9.59 Å². The van der Waals surface area contributed by atoms with Crippen molar-refractivity contribution in [3.8, 4) is 0 Å². The number of likely N-dealkylation sites (N-methyl/N-ethyl adjacent to an activating group) is 1. The van der Waals surface area contributed by atoms with Crippen molar-refractivity contribution in [1.82, 2.24) is 15.1 Å². The first-order chi connectivity index (χ1) is 12.9. The minimum atomic E-state index is -0.270. The third-order valence-electron chi connectivity index (χ3n) is 4.98. The number of carbonyl (C=O) groups is 2. The molecule has 1 aromatic rings. The lowest BCUT2D eigenvalue weighted by Gasteiger charge is -2.55. The molecule has 1 aliphatic heterocycles. The molecule has 2 rings (SSSR count). The Morgan fingerprint density at radius 2 is 1.89 bits per heavy atom. The highest BCUT2D eigenvalue weighted by atomic mass is 16.3. The largest absolute Gasteiger partial charge is 0.394 e. The molecule has 27 heavy (non-hydrogen) atoms. The van der Waals surface area contributed by atoms with E-state index in [2.05, 4.69) is 5.32 Å². The van der Waals surface area contributed by atoms with Crippen LogP contribution in [0.15, 0.2) is 30.3 Å². The van der Waals surface area contributed by atoms with Crippen LogP contribution in [0.1, 0.15) is 37.3 Å². The molecule has 6 nitrogen and oxygen atoms in total. The zero-order chi connectivity index (χ0) is 20.0. The Morgan fingerprint density at radius 3 is 2.41 bits per heavy atom. The van der Waals surface area contributed by atoms with Gasteiger partial charge < -0.3 is 20.2 Å². The normalized spacial score (nSPS) is 22.1. The molecule has 0 aliphatic carbocycles. The topological polar surface area (TPSA) is 72.9 Å². The number of nitrogens with zero attached hydrogens (tertiary/aromatic N) is 2. The zero-order valence-electron chi connectivity index (χ0n) is 16.7. The summed E-state index contributed by atoms with van der Waals surface area (Å²) in [5, 5.41) is 12.9. The van der Waals surface area contributed by atoms with Gasteiger partial charge in [0.15, 0.2) is 0 Å². The molecule has 0 bridgehead atoms. The number of likely N-dealkylation sites (tertiary alicyclic amines) is 1. The third kappa shape index (κ3) is 4.96. The summed E-state index contributed by atoms with van der Waals surface area (Å²) >= 11 is 0. The molecular formula is C21H31N3O3. The minimum Gasteiger partial charge on any atom is -0.394 e. The molecule has 1 fully saturated rings. The van der Waals surface area contributed by atoms with Gasteiger partial charge in [0.2, 0.25) is 11.8 Å². The number of carbonyl (C=O) groups excluding carboxylic acids is 2. The molecule has 0 spiro atoms. The molecule has 0 saturated carbocycles. The number of hydrogen-bond donors (Lipinski definition) is 2. The summed E-state index contributed by atoms with van der Waals surface area (Å²) in [4.78, 5) is 28.0. The van der Waals surface area contributed by atoms with Gasteiger partial charge in [-0.15, -0.1) is 0 Å². The molecule has 0 aromatic heterocycles. The average Bonchev–Trinajstić information content (AvgIpc) is 2.61. The van der Waals surface area contributed by atoms with Crippen molar-refractivity contribution in [2.75, 3.05) is 33.8 Å². The lowest BCUT2D eigenvalue weighted by atomic mass is 9.74. The van der Waals surface area contributed by atoms with Gasteiger partial charge in [0.25, 0.3) is 0 Å². The van der Waals surface area contributed by atoms with E-state index in [0.717, 1.165) is 11.1 Å². The molecule has 6 heteroatoms. The van der Waals surface area contributed by atoms with Crippen LogP contribution in [-0.2, 0) is 9.59 Å². The van der Waals surface area contributed by atoms with Gasteiger partial charge in [-0.2, -0.15) is 0 Å². The lowest BCUT2D eigenvalue weighted by Crippen LogP contribution is -2.69. The number of amides is 2. The first kappa shape index (κ1) is 21.1. The minimum absolute atomic E-state index is 0.00192. The molecule has 1 aliphatic rings. The quantitative estimate of drug-likeness (QED) is 0.724. The zero-order valence-corrected chi connectivity index (χ0v) is 16.7. The maximum atomic E-state index is 12.7. The van der Waals surface area contributed by atoms with Crippen molar-refractivity contribution in [3.05, 3.63) is 41.5 Å². The third-order valence-corrected chi connectivity index (χ3v) is 4.98. The van der Waals surface area contributed by atoms with Gasteiger partial charge in [-0.25, -0.2) is 0 Å². The summed E-state index contributed by atoms with van der Waals surface area (Å²) in [7, 11) is 3.69. The van der Waals surface area contributed by atoms with E-state index < -0.39 is 0 Å². The Bertz CT molecular complexity index is 670. The molecule has 2 amide bonds. The summed E-state index contributed by atoms with van der Waals surface area (Å²) in [5.41, 5.74) is 2.18. The van der Waals surface area contributed by atoms with Crippen LogP contribution in [0.3, 0.4) is 0 Å². The van der Waals surface area contributed by atoms with Gasteiger partial charge in [0.1, 0.15) is 0 Å². The molecule has 148 valence electrons. The Labute approximate surface area is 161 Å². The number of nitrogens with one attached hydrogen (secondary N) is 1. The van der Waals surface area contributed by atoms with E-state index >= 15 is 0 Å². The van der Waals surface area contributed by atoms with Gasteiger partial charge >= 0.3 is 0 Å². The smallest absolute Gasteiger partial charge is 0.237 e. The lowest BCUT2D eigenvalue weighted by molar-refractivity contribution is -0.151. The first-order valence-corrected chi connectivity index (χ1v) is 9.49. The van der Waals surface area contributed by atoms with Crippen LogP contribution in [0, 0.1) is 0 Å². The molecule has 1 saturated heterocycles. The highest BCUT2D eigenvalue weighted by Gasteiger charge is 2.50. The molecule has 0 radical (unpaired) electrons. The summed E-state index contributed by atoms with van der Waals surface area (Å²) in [6, 6.07) is 7.74. The summed E-state index contributed by atoms with van der Waals surface area (Å²) in [6.07, 6.45) is 4.42. The monoisotopic (exact) mass is 373 g/mol. The first-order valence-electron chi connectivity index (χ1n) is 9.49. The van der Waals surface area contributed by atoms with E-state index in [-0.39, 0.29) is 43.0 Å². The fourth-order valence-corrected chi connectivity index (χ4v) is 3.71. The number of rotatable bonds is 8. The standard InChI is InChI=1S/C21H31N3O3/c1-5-7-15-8-10-16(11-9-15)21-17(12-22-19(26)6-2)24(18(21)14-25)20(27)13-23(3)4/h5,7-11,17-18,21,25H,6,12-14H2,1-4H3,(H,22,26)/b7-5+/t17-,18+,21+/m0/s1. The molecular weight excluding hydrogens is 342 g/mol. The van der Waals surface area contributed by atoms with Crippen LogP contribution in [0.5, 0.6) is 0 Å². The number of aliphatic hydroxyl groups excluding tert-OH is 1. The van der Waals surface area contributed by atoms with E-state index in [1.807, 2.05) is 62.3 Å².